The van der Waals surface area contributed by atoms with Gasteiger partial charge in [-0.25, -0.2) is 4.98 Å². The number of benzene rings is 1. The lowest BCUT2D eigenvalue weighted by Gasteiger charge is -2.19. The molecule has 0 saturated carbocycles. The van der Waals surface area contributed by atoms with Crippen LogP contribution in [0.3, 0.4) is 0 Å². The lowest BCUT2D eigenvalue weighted by atomic mass is 9.95. The van der Waals surface area contributed by atoms with Gasteiger partial charge in [0.05, 0.1) is 18.2 Å². The van der Waals surface area contributed by atoms with Gasteiger partial charge >= 0.3 is 0 Å². The highest BCUT2D eigenvalue weighted by molar-refractivity contribution is 5.79. The van der Waals surface area contributed by atoms with Gasteiger partial charge in [-0.15, -0.1) is 0 Å². The van der Waals surface area contributed by atoms with Gasteiger partial charge in [0.2, 0.25) is 5.91 Å². The predicted octanol–water partition coefficient (Wildman–Crippen LogP) is 2.60. The summed E-state index contributed by atoms with van der Waals surface area (Å²) in [5.41, 5.74) is 9.99. The van der Waals surface area contributed by atoms with Gasteiger partial charge < -0.3 is 15.5 Å². The largest absolute Gasteiger partial charge is 0.350 e. The summed E-state index contributed by atoms with van der Waals surface area (Å²) in [5, 5.41) is 2.94. The molecular formula is C19H22N4O. The Balaban J connectivity index is 1.65. The Morgan fingerprint density at radius 3 is 2.67 bits per heavy atom. The number of pyridine rings is 1. The van der Waals surface area contributed by atoms with E-state index in [1.165, 1.54) is 0 Å². The number of amides is 1. The summed E-state index contributed by atoms with van der Waals surface area (Å²) in [6.45, 7) is 4.27. The number of fused-ring (bicyclic) bond motifs is 1. The van der Waals surface area contributed by atoms with Crippen molar-refractivity contribution in [3.8, 4) is 0 Å². The summed E-state index contributed by atoms with van der Waals surface area (Å²) in [5.74, 6) is -0.383. The number of aromatic nitrogens is 2. The molecule has 2 unspecified atom stereocenters. The number of rotatable bonds is 5. The van der Waals surface area contributed by atoms with Crippen molar-refractivity contribution in [1.29, 1.82) is 0 Å². The molecule has 0 fully saturated rings. The molecule has 0 aliphatic carbocycles. The van der Waals surface area contributed by atoms with Gasteiger partial charge in [0.25, 0.3) is 0 Å². The van der Waals surface area contributed by atoms with Crippen molar-refractivity contribution in [2.75, 3.05) is 0 Å². The molecule has 2 aromatic heterocycles. The second-order valence-corrected chi connectivity index (χ2v) is 6.07. The van der Waals surface area contributed by atoms with Crippen molar-refractivity contribution < 1.29 is 4.79 Å². The van der Waals surface area contributed by atoms with Crippen LogP contribution in [0.25, 0.3) is 5.65 Å². The van der Waals surface area contributed by atoms with Gasteiger partial charge in [0, 0.05) is 17.9 Å². The molecule has 5 nitrogen and oxygen atoms in total. The number of nitrogens with two attached hydrogens (primary N) is 1. The number of carbonyl (C=O) groups is 1. The van der Waals surface area contributed by atoms with Crippen molar-refractivity contribution in [2.24, 2.45) is 11.7 Å². The minimum absolute atomic E-state index is 0.0693. The van der Waals surface area contributed by atoms with Gasteiger partial charge in [-0.1, -0.05) is 43.3 Å². The molecule has 0 aliphatic heterocycles. The van der Waals surface area contributed by atoms with E-state index in [1.54, 1.807) is 0 Å². The Hall–Kier alpha value is -2.66. The Morgan fingerprint density at radius 2 is 1.96 bits per heavy atom. The standard InChI is InChI=1S/C19H22N4O/c1-13-7-6-10-17-22-16(12-23(13)17)11-21-19(24)14(2)18(20)15-8-4-3-5-9-15/h3-10,12,14,18H,11,20H2,1-2H3,(H,21,24). The number of aryl methyl sites for hydroxylation is 1. The van der Waals surface area contributed by atoms with Crippen LogP contribution in [0.4, 0.5) is 0 Å². The fourth-order valence-electron chi connectivity index (χ4n) is 2.75. The molecular weight excluding hydrogens is 300 g/mol. The van der Waals surface area contributed by atoms with Gasteiger partial charge in [-0.3, -0.25) is 4.79 Å². The molecule has 24 heavy (non-hydrogen) atoms. The Labute approximate surface area is 141 Å². The van der Waals surface area contributed by atoms with Crippen LogP contribution in [0.15, 0.2) is 54.7 Å². The van der Waals surface area contributed by atoms with Crippen LogP contribution in [-0.2, 0) is 11.3 Å². The van der Waals surface area contributed by atoms with Crippen LogP contribution in [0, 0.1) is 12.8 Å². The van der Waals surface area contributed by atoms with Crippen LogP contribution in [0.2, 0.25) is 0 Å². The summed E-state index contributed by atoms with van der Waals surface area (Å²) < 4.78 is 2.01. The monoisotopic (exact) mass is 322 g/mol. The van der Waals surface area contributed by atoms with Crippen molar-refractivity contribution in [2.45, 2.75) is 26.4 Å². The normalized spacial score (nSPS) is 13.6. The quantitative estimate of drug-likeness (QED) is 0.758. The van der Waals surface area contributed by atoms with Crippen molar-refractivity contribution in [3.05, 3.63) is 71.7 Å². The van der Waals surface area contributed by atoms with Crippen LogP contribution in [0.1, 0.15) is 29.9 Å². The topological polar surface area (TPSA) is 72.4 Å². The molecule has 3 aromatic rings. The average Bonchev–Trinajstić information content (AvgIpc) is 3.03. The third-order valence-corrected chi connectivity index (χ3v) is 4.33. The molecule has 124 valence electrons. The van der Waals surface area contributed by atoms with Crippen molar-refractivity contribution in [3.63, 3.8) is 0 Å². The Kier molecular flexibility index (Phi) is 4.62. The number of carbonyl (C=O) groups excluding carboxylic acids is 1. The lowest BCUT2D eigenvalue weighted by Crippen LogP contribution is -2.35. The molecule has 0 saturated heterocycles. The van der Waals surface area contributed by atoms with E-state index >= 15 is 0 Å². The predicted molar refractivity (Wildman–Crippen MR) is 94.3 cm³/mol. The van der Waals surface area contributed by atoms with E-state index in [1.807, 2.05) is 73.0 Å². The zero-order valence-electron chi connectivity index (χ0n) is 13.9. The van der Waals surface area contributed by atoms with E-state index in [0.29, 0.717) is 6.54 Å². The number of imidazole rings is 1. The van der Waals surface area contributed by atoms with Gasteiger partial charge in [0.1, 0.15) is 5.65 Å². The number of hydrogen-bond acceptors (Lipinski definition) is 3. The van der Waals surface area contributed by atoms with Crippen LogP contribution < -0.4 is 11.1 Å². The lowest BCUT2D eigenvalue weighted by molar-refractivity contribution is -0.125. The van der Waals surface area contributed by atoms with E-state index in [0.717, 1.165) is 22.6 Å². The minimum Gasteiger partial charge on any atom is -0.350 e. The molecule has 0 spiro atoms. The first kappa shape index (κ1) is 16.2. The first-order valence-corrected chi connectivity index (χ1v) is 8.08. The number of nitrogens with one attached hydrogen (secondary N) is 1. The third kappa shape index (κ3) is 3.31. The first-order valence-electron chi connectivity index (χ1n) is 8.08. The molecule has 2 atom stereocenters. The summed E-state index contributed by atoms with van der Waals surface area (Å²) in [4.78, 5) is 16.9. The summed E-state index contributed by atoms with van der Waals surface area (Å²) in [6.07, 6.45) is 1.95. The molecule has 0 aliphatic rings. The van der Waals surface area contributed by atoms with Crippen LogP contribution in [-0.4, -0.2) is 15.3 Å². The molecule has 1 amide bonds. The summed E-state index contributed by atoms with van der Waals surface area (Å²) in [7, 11) is 0. The maximum atomic E-state index is 12.4. The maximum Gasteiger partial charge on any atom is 0.225 e. The van der Waals surface area contributed by atoms with E-state index in [-0.39, 0.29) is 17.9 Å². The fourth-order valence-corrected chi connectivity index (χ4v) is 2.75. The second kappa shape index (κ2) is 6.84. The van der Waals surface area contributed by atoms with Gasteiger partial charge in [-0.2, -0.15) is 0 Å². The van der Waals surface area contributed by atoms with E-state index < -0.39 is 0 Å². The summed E-state index contributed by atoms with van der Waals surface area (Å²) in [6, 6.07) is 15.3. The van der Waals surface area contributed by atoms with E-state index in [9.17, 15) is 4.79 Å². The van der Waals surface area contributed by atoms with Gasteiger partial charge in [0.15, 0.2) is 0 Å². The highest BCUT2D eigenvalue weighted by Crippen LogP contribution is 2.19. The molecule has 0 bridgehead atoms. The molecule has 3 N–H and O–H groups in total. The molecule has 5 heteroatoms. The molecule has 0 radical (unpaired) electrons. The maximum absolute atomic E-state index is 12.4. The first-order chi connectivity index (χ1) is 11.6. The van der Waals surface area contributed by atoms with Crippen LogP contribution >= 0.6 is 0 Å². The Morgan fingerprint density at radius 1 is 1.21 bits per heavy atom. The van der Waals surface area contributed by atoms with Crippen molar-refractivity contribution >= 4 is 11.6 Å². The third-order valence-electron chi connectivity index (χ3n) is 4.33. The zero-order valence-corrected chi connectivity index (χ0v) is 13.9. The minimum atomic E-state index is -0.325. The van der Waals surface area contributed by atoms with Gasteiger partial charge in [-0.05, 0) is 24.6 Å². The molecule has 1 aromatic carbocycles. The number of nitrogens with zero attached hydrogens (tertiary/aromatic N) is 2. The molecule has 2 heterocycles. The summed E-state index contributed by atoms with van der Waals surface area (Å²) >= 11 is 0. The van der Waals surface area contributed by atoms with E-state index in [4.69, 9.17) is 5.73 Å². The highest BCUT2D eigenvalue weighted by atomic mass is 16.1. The number of hydrogen-bond donors (Lipinski definition) is 2. The SMILES string of the molecule is Cc1cccc2nc(CNC(=O)C(C)C(N)c3ccccc3)cn12. The molecule has 3 rings (SSSR count). The fraction of sp³-hybridized carbons (Fsp3) is 0.263. The van der Waals surface area contributed by atoms with Crippen LogP contribution in [0.5, 0.6) is 0 Å². The zero-order chi connectivity index (χ0) is 17.1. The average molecular weight is 322 g/mol. The Bertz CT molecular complexity index is 841. The second-order valence-electron chi connectivity index (χ2n) is 6.07. The highest BCUT2D eigenvalue weighted by Gasteiger charge is 2.22. The van der Waals surface area contributed by atoms with Crippen molar-refractivity contribution in [1.82, 2.24) is 14.7 Å². The smallest absolute Gasteiger partial charge is 0.225 e. The van der Waals surface area contributed by atoms with E-state index in [2.05, 4.69) is 10.3 Å².